The van der Waals surface area contributed by atoms with Crippen molar-refractivity contribution in [2.24, 2.45) is 0 Å². The maximum absolute atomic E-state index is 12.7. The number of nitrogens with zero attached hydrogens (tertiary/aromatic N) is 1. The monoisotopic (exact) mass is 231 g/mol. The van der Waals surface area contributed by atoms with E-state index in [9.17, 15) is 18.0 Å². The van der Waals surface area contributed by atoms with Gasteiger partial charge in [0.25, 0.3) is 0 Å². The number of carboxylic acid groups (broad SMARTS) is 1. The van der Waals surface area contributed by atoms with Gasteiger partial charge in [-0.3, -0.25) is 4.98 Å². The molecule has 1 fully saturated rings. The first-order chi connectivity index (χ1) is 7.37. The van der Waals surface area contributed by atoms with E-state index in [4.69, 9.17) is 5.11 Å². The number of aromatic carboxylic acids is 1. The Hall–Kier alpha value is -1.59. The molecule has 0 radical (unpaired) electrons. The van der Waals surface area contributed by atoms with Gasteiger partial charge in [0.15, 0.2) is 0 Å². The van der Waals surface area contributed by atoms with E-state index in [1.807, 2.05) is 0 Å². The predicted octanol–water partition coefficient (Wildman–Crippen LogP) is 2.37. The molecule has 1 N–H and O–H groups in total. The summed E-state index contributed by atoms with van der Waals surface area (Å²) in [5.41, 5.74) is -2.28. The first kappa shape index (κ1) is 10.9. The second-order valence-electron chi connectivity index (χ2n) is 3.81. The number of hydrogen-bond donors (Lipinski definition) is 1. The van der Waals surface area contributed by atoms with Crippen LogP contribution in [0, 0.1) is 0 Å². The van der Waals surface area contributed by atoms with E-state index in [-0.39, 0.29) is 24.1 Å². The van der Waals surface area contributed by atoms with Crippen LogP contribution >= 0.6 is 0 Å². The minimum atomic E-state index is -4.36. The molecule has 0 aliphatic heterocycles. The highest BCUT2D eigenvalue weighted by molar-refractivity contribution is 5.87. The van der Waals surface area contributed by atoms with Crippen LogP contribution in [0.3, 0.4) is 0 Å². The normalized spacial score (nSPS) is 18.2. The lowest BCUT2D eigenvalue weighted by molar-refractivity contribution is -0.161. The largest absolute Gasteiger partial charge is 0.478 e. The van der Waals surface area contributed by atoms with Gasteiger partial charge in [0.05, 0.1) is 11.3 Å². The van der Waals surface area contributed by atoms with Crippen LogP contribution in [0.2, 0.25) is 0 Å². The van der Waals surface area contributed by atoms with E-state index in [0.29, 0.717) is 0 Å². The third-order valence-corrected chi connectivity index (χ3v) is 2.79. The van der Waals surface area contributed by atoms with Gasteiger partial charge in [0, 0.05) is 6.20 Å². The standard InChI is InChI=1S/C10H8F3NO2/c11-10(12,13)9(2-3-9)7-5-6(8(15)16)1-4-14-7/h1,4-5H,2-3H2,(H,15,16). The van der Waals surface area contributed by atoms with Crippen LogP contribution in [0.4, 0.5) is 13.2 Å². The summed E-state index contributed by atoms with van der Waals surface area (Å²) in [7, 11) is 0. The molecule has 0 unspecified atom stereocenters. The third kappa shape index (κ3) is 1.54. The van der Waals surface area contributed by atoms with Crippen molar-refractivity contribution in [2.75, 3.05) is 0 Å². The van der Waals surface area contributed by atoms with Crippen LogP contribution in [0.5, 0.6) is 0 Å². The van der Waals surface area contributed by atoms with Crippen molar-refractivity contribution in [2.45, 2.75) is 24.4 Å². The zero-order valence-electron chi connectivity index (χ0n) is 8.08. The van der Waals surface area contributed by atoms with Gasteiger partial charge in [0.1, 0.15) is 5.41 Å². The lowest BCUT2D eigenvalue weighted by Gasteiger charge is -2.18. The SMILES string of the molecule is O=C(O)c1ccnc(C2(C(F)(F)F)CC2)c1. The van der Waals surface area contributed by atoms with Crippen molar-refractivity contribution in [1.29, 1.82) is 0 Å². The van der Waals surface area contributed by atoms with E-state index in [2.05, 4.69) is 4.98 Å². The average Bonchev–Trinajstić information content (AvgIpc) is 2.97. The minimum Gasteiger partial charge on any atom is -0.478 e. The van der Waals surface area contributed by atoms with Crippen molar-refractivity contribution in [3.63, 3.8) is 0 Å². The minimum absolute atomic E-state index is 0.0213. The Morgan fingerprint density at radius 1 is 1.44 bits per heavy atom. The molecule has 86 valence electrons. The second-order valence-corrected chi connectivity index (χ2v) is 3.81. The van der Waals surface area contributed by atoms with E-state index < -0.39 is 17.6 Å². The molecule has 0 saturated heterocycles. The van der Waals surface area contributed by atoms with Gasteiger partial charge in [-0.05, 0) is 25.0 Å². The summed E-state index contributed by atoms with van der Waals surface area (Å²) >= 11 is 0. The maximum Gasteiger partial charge on any atom is 0.399 e. The number of hydrogen-bond acceptors (Lipinski definition) is 2. The molecule has 1 aromatic rings. The molecule has 0 bridgehead atoms. The van der Waals surface area contributed by atoms with E-state index >= 15 is 0 Å². The average molecular weight is 231 g/mol. The molecule has 1 aliphatic carbocycles. The molecule has 3 nitrogen and oxygen atoms in total. The topological polar surface area (TPSA) is 50.2 Å². The molecule has 0 amide bonds. The molecule has 1 aliphatic rings. The summed E-state index contributed by atoms with van der Waals surface area (Å²) in [5.74, 6) is -1.25. The van der Waals surface area contributed by atoms with Crippen molar-refractivity contribution in [3.05, 3.63) is 29.6 Å². The maximum atomic E-state index is 12.7. The summed E-state index contributed by atoms with van der Waals surface area (Å²) in [6.07, 6.45) is -3.30. The van der Waals surface area contributed by atoms with Crippen molar-refractivity contribution < 1.29 is 23.1 Å². The molecule has 6 heteroatoms. The van der Waals surface area contributed by atoms with Crippen molar-refractivity contribution in [1.82, 2.24) is 4.98 Å². The van der Waals surface area contributed by atoms with Crippen molar-refractivity contribution >= 4 is 5.97 Å². The molecule has 2 rings (SSSR count). The third-order valence-electron chi connectivity index (χ3n) is 2.79. The first-order valence-electron chi connectivity index (χ1n) is 4.63. The molecule has 1 aromatic heterocycles. The predicted molar refractivity (Wildman–Crippen MR) is 48.2 cm³/mol. The fourth-order valence-corrected chi connectivity index (χ4v) is 1.64. The summed E-state index contributed by atoms with van der Waals surface area (Å²) < 4.78 is 38.2. The highest BCUT2D eigenvalue weighted by Gasteiger charge is 2.65. The van der Waals surface area contributed by atoms with Crippen LogP contribution in [0.15, 0.2) is 18.3 Å². The Kier molecular flexibility index (Phi) is 2.18. The Bertz CT molecular complexity index is 438. The summed E-state index contributed by atoms with van der Waals surface area (Å²) in [6, 6.07) is 2.18. The fraction of sp³-hybridized carbons (Fsp3) is 0.400. The molecular formula is C10H8F3NO2. The molecular weight excluding hydrogens is 223 g/mol. The number of pyridine rings is 1. The number of aromatic nitrogens is 1. The van der Waals surface area contributed by atoms with Gasteiger partial charge in [-0.25, -0.2) is 4.79 Å². The molecule has 0 atom stereocenters. The van der Waals surface area contributed by atoms with Crippen LogP contribution in [0.1, 0.15) is 28.9 Å². The number of rotatable bonds is 2. The van der Waals surface area contributed by atoms with Crippen molar-refractivity contribution in [3.8, 4) is 0 Å². The first-order valence-corrected chi connectivity index (χ1v) is 4.63. The summed E-state index contributed by atoms with van der Waals surface area (Å²) in [5, 5.41) is 8.69. The van der Waals surface area contributed by atoms with E-state index in [0.717, 1.165) is 12.3 Å². The van der Waals surface area contributed by atoms with Gasteiger partial charge < -0.3 is 5.11 Å². The number of halogens is 3. The number of carbonyl (C=O) groups is 1. The fourth-order valence-electron chi connectivity index (χ4n) is 1.64. The van der Waals surface area contributed by atoms with Gasteiger partial charge in [-0.1, -0.05) is 0 Å². The van der Waals surface area contributed by atoms with Gasteiger partial charge in [-0.15, -0.1) is 0 Å². The van der Waals surface area contributed by atoms with Crippen LogP contribution in [-0.2, 0) is 5.41 Å². The summed E-state index contributed by atoms with van der Waals surface area (Å²) in [6.45, 7) is 0. The van der Waals surface area contributed by atoms with Crippen LogP contribution in [-0.4, -0.2) is 22.2 Å². The smallest absolute Gasteiger partial charge is 0.399 e. The Morgan fingerprint density at radius 3 is 2.50 bits per heavy atom. The quantitative estimate of drug-likeness (QED) is 0.850. The molecule has 16 heavy (non-hydrogen) atoms. The highest BCUT2D eigenvalue weighted by Crippen LogP contribution is 2.58. The molecule has 1 saturated carbocycles. The van der Waals surface area contributed by atoms with Crippen LogP contribution in [0.25, 0.3) is 0 Å². The summed E-state index contributed by atoms with van der Waals surface area (Å²) in [4.78, 5) is 14.3. The highest BCUT2D eigenvalue weighted by atomic mass is 19.4. The molecule has 0 aromatic carbocycles. The molecule has 0 spiro atoms. The van der Waals surface area contributed by atoms with E-state index in [1.54, 1.807) is 0 Å². The number of carboxylic acids is 1. The van der Waals surface area contributed by atoms with E-state index in [1.165, 1.54) is 6.07 Å². The Labute approximate surface area is 88.9 Å². The molecule has 1 heterocycles. The van der Waals surface area contributed by atoms with Gasteiger partial charge >= 0.3 is 12.1 Å². The Morgan fingerprint density at radius 2 is 2.06 bits per heavy atom. The zero-order chi connectivity index (χ0) is 12.0. The Balaban J connectivity index is 2.42. The van der Waals surface area contributed by atoms with Gasteiger partial charge in [-0.2, -0.15) is 13.2 Å². The second kappa shape index (κ2) is 3.20. The van der Waals surface area contributed by atoms with Gasteiger partial charge in [0.2, 0.25) is 0 Å². The lowest BCUT2D eigenvalue weighted by atomic mass is 10.00. The lowest BCUT2D eigenvalue weighted by Crippen LogP contribution is -2.29. The van der Waals surface area contributed by atoms with Crippen LogP contribution < -0.4 is 0 Å². The number of alkyl halides is 3. The zero-order valence-corrected chi connectivity index (χ0v) is 8.08.